The molecular weight excluding hydrogens is 384 g/mol. The monoisotopic (exact) mass is 404 g/mol. The molecule has 3 nitrogen and oxygen atoms in total. The Bertz CT molecular complexity index is 1080. The van der Waals surface area contributed by atoms with E-state index in [1.165, 1.54) is 5.56 Å². The van der Waals surface area contributed by atoms with Crippen molar-refractivity contribution in [2.24, 2.45) is 0 Å². The van der Waals surface area contributed by atoms with Crippen LogP contribution in [0.15, 0.2) is 83.8 Å². The van der Waals surface area contributed by atoms with Crippen LogP contribution in [0.3, 0.4) is 0 Å². The molecule has 0 bridgehead atoms. The summed E-state index contributed by atoms with van der Waals surface area (Å²) in [7, 11) is 0. The first kappa shape index (κ1) is 18.7. The number of amides is 1. The third kappa shape index (κ3) is 4.43. The number of fused-ring (bicyclic) bond motifs is 1. The summed E-state index contributed by atoms with van der Waals surface area (Å²) >= 11 is 3.13. The summed E-state index contributed by atoms with van der Waals surface area (Å²) in [5, 5.41) is 0.753. The van der Waals surface area contributed by atoms with E-state index in [9.17, 15) is 4.79 Å². The summed E-state index contributed by atoms with van der Waals surface area (Å²) in [6, 6.07) is 26.3. The fourth-order valence-electron chi connectivity index (χ4n) is 2.90. The molecule has 0 atom stereocenters. The van der Waals surface area contributed by atoms with Gasteiger partial charge in [0.1, 0.15) is 0 Å². The molecule has 0 radical (unpaired) electrons. The van der Waals surface area contributed by atoms with Crippen molar-refractivity contribution >= 4 is 44.4 Å². The Morgan fingerprint density at radius 1 is 1.00 bits per heavy atom. The number of hydrogen-bond acceptors (Lipinski definition) is 4. The van der Waals surface area contributed by atoms with Gasteiger partial charge in [-0.25, -0.2) is 4.98 Å². The zero-order valence-corrected chi connectivity index (χ0v) is 17.2. The molecule has 0 aliphatic rings. The van der Waals surface area contributed by atoms with Gasteiger partial charge in [0.05, 0.1) is 22.5 Å². The highest BCUT2D eigenvalue weighted by Gasteiger charge is 2.20. The van der Waals surface area contributed by atoms with Gasteiger partial charge in [-0.3, -0.25) is 9.69 Å². The molecule has 0 aliphatic carbocycles. The van der Waals surface area contributed by atoms with Crippen LogP contribution in [0.2, 0.25) is 0 Å². The Hall–Kier alpha value is -2.63. The van der Waals surface area contributed by atoms with E-state index in [0.29, 0.717) is 12.3 Å². The first-order chi connectivity index (χ1) is 13.7. The average Bonchev–Trinajstić information content (AvgIpc) is 3.14. The summed E-state index contributed by atoms with van der Waals surface area (Å²) in [4.78, 5) is 20.8. The second-order valence-corrected chi connectivity index (χ2v) is 8.59. The van der Waals surface area contributed by atoms with Crippen molar-refractivity contribution in [3.05, 3.63) is 90.0 Å². The Labute approximate surface area is 173 Å². The van der Waals surface area contributed by atoms with Gasteiger partial charge in [-0.05, 0) is 42.3 Å². The van der Waals surface area contributed by atoms with E-state index in [1.807, 2.05) is 71.6 Å². The number of thiazole rings is 1. The second-order valence-electron chi connectivity index (χ2n) is 6.53. The van der Waals surface area contributed by atoms with Crippen molar-refractivity contribution < 1.29 is 4.79 Å². The van der Waals surface area contributed by atoms with E-state index in [2.05, 4.69) is 19.1 Å². The van der Waals surface area contributed by atoms with E-state index < -0.39 is 0 Å². The molecule has 1 aromatic heterocycles. The number of nitrogens with zero attached hydrogens (tertiary/aromatic N) is 2. The molecule has 5 heteroatoms. The second kappa shape index (κ2) is 8.59. The van der Waals surface area contributed by atoms with Gasteiger partial charge < -0.3 is 0 Å². The van der Waals surface area contributed by atoms with Gasteiger partial charge in [-0.1, -0.05) is 65.9 Å². The maximum Gasteiger partial charge on any atom is 0.239 e. The molecule has 0 unspecified atom stereocenters. The number of benzene rings is 3. The number of anilines is 1. The van der Waals surface area contributed by atoms with Crippen LogP contribution in [0.5, 0.6) is 0 Å². The molecule has 0 spiro atoms. The number of carbonyl (C=O) groups excluding carboxylic acids is 1. The molecule has 1 amide bonds. The first-order valence-corrected chi connectivity index (χ1v) is 10.9. The van der Waals surface area contributed by atoms with Crippen LogP contribution in [0.25, 0.3) is 10.2 Å². The quantitative estimate of drug-likeness (QED) is 0.373. The summed E-state index contributed by atoms with van der Waals surface area (Å²) in [6.07, 6.45) is 0. The van der Waals surface area contributed by atoms with Crippen LogP contribution in [0, 0.1) is 6.92 Å². The number of aryl methyl sites for hydroxylation is 1. The zero-order valence-electron chi connectivity index (χ0n) is 15.5. The van der Waals surface area contributed by atoms with Crippen molar-refractivity contribution in [2.75, 3.05) is 10.7 Å². The van der Waals surface area contributed by atoms with E-state index >= 15 is 0 Å². The summed E-state index contributed by atoms with van der Waals surface area (Å²) < 4.78 is 1.11. The molecule has 0 saturated heterocycles. The average molecular weight is 405 g/mol. The van der Waals surface area contributed by atoms with Crippen molar-refractivity contribution in [3.63, 3.8) is 0 Å². The van der Waals surface area contributed by atoms with Gasteiger partial charge in [0.2, 0.25) is 5.91 Å². The highest BCUT2D eigenvalue weighted by Crippen LogP contribution is 2.31. The Balaban J connectivity index is 1.61. The lowest BCUT2D eigenvalue weighted by Crippen LogP contribution is -2.31. The van der Waals surface area contributed by atoms with Gasteiger partial charge >= 0.3 is 0 Å². The van der Waals surface area contributed by atoms with Crippen LogP contribution in [-0.2, 0) is 11.3 Å². The SMILES string of the molecule is Cc1ccc2nc(N(Cc3ccccc3)C(=O)CSc3ccccc3)sc2c1. The number of thioether (sulfide) groups is 1. The van der Waals surface area contributed by atoms with Crippen LogP contribution in [0.1, 0.15) is 11.1 Å². The largest absolute Gasteiger partial charge is 0.283 e. The van der Waals surface area contributed by atoms with Crippen LogP contribution >= 0.6 is 23.1 Å². The zero-order chi connectivity index (χ0) is 19.3. The van der Waals surface area contributed by atoms with Crippen molar-refractivity contribution in [1.82, 2.24) is 4.98 Å². The van der Waals surface area contributed by atoms with Gasteiger partial charge in [-0.2, -0.15) is 0 Å². The summed E-state index contributed by atoms with van der Waals surface area (Å²) in [6.45, 7) is 2.59. The van der Waals surface area contributed by atoms with Crippen LogP contribution < -0.4 is 4.90 Å². The molecule has 28 heavy (non-hydrogen) atoms. The van der Waals surface area contributed by atoms with E-state index in [1.54, 1.807) is 23.1 Å². The van der Waals surface area contributed by atoms with Crippen molar-refractivity contribution in [2.45, 2.75) is 18.4 Å². The molecule has 0 saturated carbocycles. The minimum Gasteiger partial charge on any atom is -0.283 e. The lowest BCUT2D eigenvalue weighted by atomic mass is 10.2. The number of carbonyl (C=O) groups is 1. The standard InChI is InChI=1S/C23H20N2OS2/c1-17-12-13-20-21(14-17)28-23(24-20)25(15-18-8-4-2-5-9-18)22(26)16-27-19-10-6-3-7-11-19/h2-14H,15-16H2,1H3. The van der Waals surface area contributed by atoms with E-state index in [0.717, 1.165) is 25.8 Å². The van der Waals surface area contributed by atoms with Crippen LogP contribution in [0.4, 0.5) is 5.13 Å². The van der Waals surface area contributed by atoms with E-state index in [4.69, 9.17) is 4.98 Å². The van der Waals surface area contributed by atoms with Gasteiger partial charge in [0.25, 0.3) is 0 Å². The predicted molar refractivity (Wildman–Crippen MR) is 119 cm³/mol. The summed E-state index contributed by atoms with van der Waals surface area (Å²) in [5.74, 6) is 0.444. The van der Waals surface area contributed by atoms with Gasteiger partial charge in [0, 0.05) is 4.90 Å². The minimum atomic E-state index is 0.0634. The topological polar surface area (TPSA) is 33.2 Å². The third-order valence-electron chi connectivity index (χ3n) is 4.35. The van der Waals surface area contributed by atoms with Gasteiger partial charge in [0.15, 0.2) is 5.13 Å². The fourth-order valence-corrected chi connectivity index (χ4v) is 4.78. The first-order valence-electron chi connectivity index (χ1n) is 9.08. The summed E-state index contributed by atoms with van der Waals surface area (Å²) in [5.41, 5.74) is 3.23. The van der Waals surface area contributed by atoms with Gasteiger partial charge in [-0.15, -0.1) is 11.8 Å². The Morgan fingerprint density at radius 3 is 2.46 bits per heavy atom. The third-order valence-corrected chi connectivity index (χ3v) is 6.39. The molecule has 140 valence electrons. The number of aromatic nitrogens is 1. The Morgan fingerprint density at radius 2 is 1.71 bits per heavy atom. The number of hydrogen-bond donors (Lipinski definition) is 0. The predicted octanol–water partition coefficient (Wildman–Crippen LogP) is 5.93. The molecule has 0 aliphatic heterocycles. The van der Waals surface area contributed by atoms with E-state index in [-0.39, 0.29) is 5.91 Å². The highest BCUT2D eigenvalue weighted by atomic mass is 32.2. The molecule has 0 N–H and O–H groups in total. The Kier molecular flexibility index (Phi) is 5.74. The normalized spacial score (nSPS) is 10.9. The lowest BCUT2D eigenvalue weighted by Gasteiger charge is -2.20. The molecule has 0 fully saturated rings. The van der Waals surface area contributed by atoms with Crippen molar-refractivity contribution in [3.8, 4) is 0 Å². The highest BCUT2D eigenvalue weighted by molar-refractivity contribution is 8.00. The molecule has 3 aromatic carbocycles. The minimum absolute atomic E-state index is 0.0634. The van der Waals surface area contributed by atoms with Crippen LogP contribution in [-0.4, -0.2) is 16.6 Å². The maximum atomic E-state index is 13.1. The smallest absolute Gasteiger partial charge is 0.239 e. The molecular formula is C23H20N2OS2. The lowest BCUT2D eigenvalue weighted by molar-refractivity contribution is -0.116. The molecule has 4 rings (SSSR count). The molecule has 4 aromatic rings. The fraction of sp³-hybridized carbons (Fsp3) is 0.130. The number of rotatable bonds is 6. The molecule has 1 heterocycles. The maximum absolute atomic E-state index is 13.1. The van der Waals surface area contributed by atoms with Crippen molar-refractivity contribution in [1.29, 1.82) is 0 Å².